The second-order valence-electron chi connectivity index (χ2n) is 12.3. The number of carbonyl (C=O) groups excluding carboxylic acids is 1. The number of amides is 1. The van der Waals surface area contributed by atoms with Gasteiger partial charge >= 0.3 is 0 Å². The molecule has 1 aliphatic carbocycles. The van der Waals surface area contributed by atoms with Gasteiger partial charge in [0.1, 0.15) is 11.9 Å². The molecule has 1 aliphatic heterocycles. The minimum atomic E-state index is -0.719. The fourth-order valence-electron chi connectivity index (χ4n) is 5.66. The molecule has 0 saturated carbocycles. The Balaban J connectivity index is 1.42. The van der Waals surface area contributed by atoms with Gasteiger partial charge in [0.05, 0.1) is 24.6 Å². The number of hydrogen-bond donors (Lipinski definition) is 1. The summed E-state index contributed by atoms with van der Waals surface area (Å²) in [6.07, 6.45) is 1.99. The predicted molar refractivity (Wildman–Crippen MR) is 153 cm³/mol. The van der Waals surface area contributed by atoms with Gasteiger partial charge in [-0.05, 0) is 78.5 Å². The van der Waals surface area contributed by atoms with Gasteiger partial charge < -0.3 is 19.5 Å². The molecule has 38 heavy (non-hydrogen) atoms. The second-order valence-corrected chi connectivity index (χ2v) is 13.4. The average Bonchev–Trinajstić information content (AvgIpc) is 3.38. The van der Waals surface area contributed by atoms with E-state index in [1.54, 1.807) is 7.11 Å². The SMILES string of the molecule is COc1cc2c(cc1-c1ccc(C(=O)N[C@H]3COC(C)(C)OC3c3ccccc3)s1)C(C)(C)CCC2(C)C. The molecule has 1 unspecified atom stereocenters. The molecular weight excluding hydrogens is 494 g/mol. The number of ether oxygens (including phenoxy) is 3. The largest absolute Gasteiger partial charge is 0.496 e. The zero-order chi connectivity index (χ0) is 27.3. The molecule has 0 spiro atoms. The van der Waals surface area contributed by atoms with E-state index in [-0.39, 0.29) is 28.9 Å². The quantitative estimate of drug-likeness (QED) is 0.371. The summed E-state index contributed by atoms with van der Waals surface area (Å²) in [5.41, 5.74) is 4.97. The van der Waals surface area contributed by atoms with E-state index in [4.69, 9.17) is 14.2 Å². The molecule has 5 rings (SSSR count). The van der Waals surface area contributed by atoms with Crippen LogP contribution in [0.25, 0.3) is 10.4 Å². The first kappa shape index (κ1) is 26.9. The van der Waals surface area contributed by atoms with E-state index >= 15 is 0 Å². The molecule has 0 radical (unpaired) electrons. The van der Waals surface area contributed by atoms with Crippen LogP contribution in [0.15, 0.2) is 54.6 Å². The van der Waals surface area contributed by atoms with Crippen molar-refractivity contribution < 1.29 is 19.0 Å². The first-order valence-electron chi connectivity index (χ1n) is 13.4. The molecule has 6 heteroatoms. The van der Waals surface area contributed by atoms with Crippen LogP contribution in [0, 0.1) is 0 Å². The number of hydrogen-bond acceptors (Lipinski definition) is 5. The van der Waals surface area contributed by atoms with Crippen molar-refractivity contribution in [3.8, 4) is 16.2 Å². The minimum absolute atomic E-state index is 0.0878. The maximum absolute atomic E-state index is 13.4. The second kappa shape index (κ2) is 9.82. The van der Waals surface area contributed by atoms with Gasteiger partial charge in [0.2, 0.25) is 0 Å². The molecule has 2 aliphatic rings. The Morgan fingerprint density at radius 2 is 1.61 bits per heavy atom. The fourth-order valence-corrected chi connectivity index (χ4v) is 6.59. The number of benzene rings is 2. The molecule has 1 saturated heterocycles. The van der Waals surface area contributed by atoms with Crippen LogP contribution in [0.5, 0.6) is 5.75 Å². The van der Waals surface area contributed by atoms with Crippen molar-refractivity contribution in [3.05, 3.63) is 76.2 Å². The highest BCUT2D eigenvalue weighted by Crippen LogP contribution is 2.50. The van der Waals surface area contributed by atoms with Crippen LogP contribution >= 0.6 is 11.3 Å². The Morgan fingerprint density at radius 3 is 2.26 bits per heavy atom. The van der Waals surface area contributed by atoms with Crippen molar-refractivity contribution in [2.24, 2.45) is 0 Å². The van der Waals surface area contributed by atoms with E-state index in [0.717, 1.165) is 34.6 Å². The lowest BCUT2D eigenvalue weighted by Gasteiger charge is -2.42. The van der Waals surface area contributed by atoms with E-state index in [0.29, 0.717) is 11.5 Å². The Morgan fingerprint density at radius 1 is 0.947 bits per heavy atom. The monoisotopic (exact) mass is 533 g/mol. The van der Waals surface area contributed by atoms with Gasteiger partial charge in [-0.2, -0.15) is 0 Å². The molecule has 1 amide bonds. The fraction of sp³-hybridized carbons (Fsp3) is 0.469. The van der Waals surface area contributed by atoms with Gasteiger partial charge in [-0.25, -0.2) is 0 Å². The third kappa shape index (κ3) is 5.14. The van der Waals surface area contributed by atoms with Gasteiger partial charge in [0.15, 0.2) is 5.79 Å². The van der Waals surface area contributed by atoms with Crippen LogP contribution < -0.4 is 10.1 Å². The normalized spacial score (nSPS) is 23.3. The molecular formula is C32H39NO4S. The van der Waals surface area contributed by atoms with Gasteiger partial charge in [0.25, 0.3) is 5.91 Å². The lowest BCUT2D eigenvalue weighted by molar-refractivity contribution is -0.284. The van der Waals surface area contributed by atoms with Gasteiger partial charge in [0, 0.05) is 10.4 Å². The zero-order valence-corrected chi connectivity index (χ0v) is 24.3. The Bertz CT molecular complexity index is 1320. The first-order valence-corrected chi connectivity index (χ1v) is 14.2. The predicted octanol–water partition coefficient (Wildman–Crippen LogP) is 7.40. The molecule has 3 aromatic rings. The number of rotatable bonds is 5. The smallest absolute Gasteiger partial charge is 0.261 e. The molecule has 2 heterocycles. The zero-order valence-electron chi connectivity index (χ0n) is 23.5. The van der Waals surface area contributed by atoms with Crippen molar-refractivity contribution in [1.29, 1.82) is 0 Å². The Labute approximate surface area is 230 Å². The number of fused-ring (bicyclic) bond motifs is 1. The maximum Gasteiger partial charge on any atom is 0.261 e. The third-order valence-electron chi connectivity index (χ3n) is 8.10. The molecule has 1 aromatic heterocycles. The van der Waals surface area contributed by atoms with Crippen LogP contribution in [0.3, 0.4) is 0 Å². The third-order valence-corrected chi connectivity index (χ3v) is 9.22. The molecule has 0 bridgehead atoms. The maximum atomic E-state index is 13.4. The van der Waals surface area contributed by atoms with Crippen LogP contribution in [0.4, 0.5) is 0 Å². The van der Waals surface area contributed by atoms with Crippen molar-refractivity contribution in [2.75, 3.05) is 13.7 Å². The lowest BCUT2D eigenvalue weighted by atomic mass is 9.63. The molecule has 5 nitrogen and oxygen atoms in total. The highest BCUT2D eigenvalue weighted by molar-refractivity contribution is 7.17. The molecule has 2 atom stereocenters. The molecule has 202 valence electrons. The van der Waals surface area contributed by atoms with Crippen LogP contribution in [0.2, 0.25) is 0 Å². The van der Waals surface area contributed by atoms with E-state index in [2.05, 4.69) is 45.1 Å². The number of thiophene rings is 1. The number of carbonyl (C=O) groups is 1. The highest BCUT2D eigenvalue weighted by Gasteiger charge is 2.39. The molecule has 1 N–H and O–H groups in total. The summed E-state index contributed by atoms with van der Waals surface area (Å²) in [6.45, 7) is 13.5. The summed E-state index contributed by atoms with van der Waals surface area (Å²) < 4.78 is 18.0. The average molecular weight is 534 g/mol. The van der Waals surface area contributed by atoms with E-state index < -0.39 is 5.79 Å². The van der Waals surface area contributed by atoms with Gasteiger partial charge in [-0.15, -0.1) is 11.3 Å². The van der Waals surface area contributed by atoms with Gasteiger partial charge in [-0.1, -0.05) is 58.0 Å². The molecule has 1 fully saturated rings. The standard InChI is InChI=1S/C32H39NO4S/c1-30(2)15-16-31(3,4)23-18-25(35-7)21(17-22(23)30)26-13-14-27(38-26)29(34)33-24-19-36-32(5,6)37-28(24)20-11-9-8-10-12-20/h8-14,17-18,24,28H,15-16,19H2,1-7H3,(H,33,34)/t24-,28?/m0/s1. The van der Waals surface area contributed by atoms with Crippen molar-refractivity contribution in [3.63, 3.8) is 0 Å². The van der Waals surface area contributed by atoms with Crippen LogP contribution in [-0.2, 0) is 20.3 Å². The van der Waals surface area contributed by atoms with E-state index in [9.17, 15) is 4.79 Å². The number of methoxy groups -OCH3 is 1. The summed E-state index contributed by atoms with van der Waals surface area (Å²) in [7, 11) is 1.72. The van der Waals surface area contributed by atoms with Crippen molar-refractivity contribution >= 4 is 17.2 Å². The summed E-state index contributed by atoms with van der Waals surface area (Å²) in [4.78, 5) is 15.1. The highest BCUT2D eigenvalue weighted by atomic mass is 32.1. The van der Waals surface area contributed by atoms with Gasteiger partial charge in [-0.3, -0.25) is 4.79 Å². The lowest BCUT2D eigenvalue weighted by Crippen LogP contribution is -2.51. The Kier molecular flexibility index (Phi) is 6.95. The van der Waals surface area contributed by atoms with Crippen LogP contribution in [0.1, 0.15) is 86.9 Å². The van der Waals surface area contributed by atoms with E-state index in [1.807, 2.05) is 56.3 Å². The summed E-state index contributed by atoms with van der Waals surface area (Å²) in [5.74, 6) is 0.00433. The Hall–Kier alpha value is -2.67. The topological polar surface area (TPSA) is 56.8 Å². The molecule has 2 aromatic carbocycles. The van der Waals surface area contributed by atoms with E-state index in [1.165, 1.54) is 22.5 Å². The van der Waals surface area contributed by atoms with Crippen molar-refractivity contribution in [1.82, 2.24) is 5.32 Å². The minimum Gasteiger partial charge on any atom is -0.496 e. The summed E-state index contributed by atoms with van der Waals surface area (Å²) >= 11 is 1.49. The number of nitrogens with one attached hydrogen (secondary N) is 1. The summed E-state index contributed by atoms with van der Waals surface area (Å²) in [5, 5.41) is 3.18. The van der Waals surface area contributed by atoms with Crippen LogP contribution in [-0.4, -0.2) is 31.5 Å². The summed E-state index contributed by atoms with van der Waals surface area (Å²) in [6, 6.07) is 18.1. The first-order chi connectivity index (χ1) is 17.9. The van der Waals surface area contributed by atoms with Crippen molar-refractivity contribution in [2.45, 2.75) is 83.1 Å².